The van der Waals surface area contributed by atoms with Crippen LogP contribution in [0.2, 0.25) is 0 Å². The third-order valence-electron chi connectivity index (χ3n) is 3.43. The molecule has 17 heavy (non-hydrogen) atoms. The van der Waals surface area contributed by atoms with Gasteiger partial charge in [-0.1, -0.05) is 18.2 Å². The molecular weight excluding hydrogens is 212 g/mol. The van der Waals surface area contributed by atoms with Gasteiger partial charge in [0, 0.05) is 13.7 Å². The van der Waals surface area contributed by atoms with Gasteiger partial charge >= 0.3 is 0 Å². The zero-order valence-corrected chi connectivity index (χ0v) is 10.8. The highest BCUT2D eigenvalue weighted by Gasteiger charge is 2.37. The quantitative estimate of drug-likeness (QED) is 0.737. The fourth-order valence-electron chi connectivity index (χ4n) is 1.87. The smallest absolute Gasteiger partial charge is 0.0666 e. The summed E-state index contributed by atoms with van der Waals surface area (Å²) in [7, 11) is 1.74. The minimum atomic E-state index is -0.0883. The van der Waals surface area contributed by atoms with Crippen LogP contribution in [0.5, 0.6) is 0 Å². The van der Waals surface area contributed by atoms with Crippen molar-refractivity contribution in [2.45, 2.75) is 38.4 Å². The van der Waals surface area contributed by atoms with E-state index >= 15 is 0 Å². The van der Waals surface area contributed by atoms with Gasteiger partial charge in [-0.3, -0.25) is 5.32 Å². The summed E-state index contributed by atoms with van der Waals surface area (Å²) < 4.78 is 5.10. The van der Waals surface area contributed by atoms with Crippen molar-refractivity contribution in [3.05, 3.63) is 34.9 Å². The molecule has 0 amide bonds. The summed E-state index contributed by atoms with van der Waals surface area (Å²) >= 11 is 0. The molecule has 3 heteroatoms. The van der Waals surface area contributed by atoms with Crippen LogP contribution in [0.3, 0.4) is 0 Å². The average molecular weight is 234 g/mol. The Kier molecular flexibility index (Phi) is 3.82. The zero-order valence-electron chi connectivity index (χ0n) is 10.8. The first-order valence-corrected chi connectivity index (χ1v) is 6.24. The summed E-state index contributed by atoms with van der Waals surface area (Å²) in [4.78, 5) is 0. The fourth-order valence-corrected chi connectivity index (χ4v) is 1.87. The number of nitrogens with one attached hydrogen (secondary N) is 1. The second-order valence-electron chi connectivity index (χ2n) is 5.01. The van der Waals surface area contributed by atoms with Gasteiger partial charge in [0.15, 0.2) is 0 Å². The lowest BCUT2D eigenvalue weighted by Crippen LogP contribution is -2.39. The Bertz CT molecular complexity index is 386. The third-order valence-corrected chi connectivity index (χ3v) is 3.43. The average Bonchev–Trinajstić information content (AvgIpc) is 3.05. The first-order chi connectivity index (χ1) is 8.13. The topological polar surface area (TPSA) is 47.3 Å². The number of ether oxygens (including phenoxy) is 1. The minimum absolute atomic E-state index is 0.0883. The van der Waals surface area contributed by atoms with Gasteiger partial charge in [0.05, 0.1) is 12.3 Å². The Balaban J connectivity index is 1.98. The molecule has 94 valence electrons. The lowest BCUT2D eigenvalue weighted by atomic mass is 10.0. The molecule has 0 atom stereocenters. The molecule has 1 aromatic rings. The Morgan fingerprint density at radius 3 is 2.82 bits per heavy atom. The van der Waals surface area contributed by atoms with Gasteiger partial charge in [-0.25, -0.2) is 0 Å². The summed E-state index contributed by atoms with van der Waals surface area (Å²) in [6.45, 7) is 3.78. The van der Waals surface area contributed by atoms with Crippen molar-refractivity contribution in [1.29, 1.82) is 0 Å². The van der Waals surface area contributed by atoms with E-state index in [0.717, 1.165) is 32.4 Å². The molecule has 0 radical (unpaired) electrons. The van der Waals surface area contributed by atoms with Crippen molar-refractivity contribution in [2.24, 2.45) is 5.73 Å². The SMILES string of the molecule is COCCc1ccc(C)c(CNC2(N)CC2)c1. The van der Waals surface area contributed by atoms with Crippen LogP contribution in [0.15, 0.2) is 18.2 Å². The van der Waals surface area contributed by atoms with E-state index in [4.69, 9.17) is 10.5 Å². The van der Waals surface area contributed by atoms with Crippen LogP contribution in [-0.4, -0.2) is 19.4 Å². The van der Waals surface area contributed by atoms with Gasteiger partial charge in [-0.15, -0.1) is 0 Å². The number of rotatable bonds is 6. The molecule has 0 heterocycles. The predicted molar refractivity (Wildman–Crippen MR) is 69.8 cm³/mol. The molecule has 3 N–H and O–H groups in total. The number of hydrogen-bond donors (Lipinski definition) is 2. The van der Waals surface area contributed by atoms with Crippen LogP contribution in [0.4, 0.5) is 0 Å². The standard InChI is InChI=1S/C14H22N2O/c1-11-3-4-12(5-8-17-2)9-13(11)10-16-14(15)6-7-14/h3-4,9,16H,5-8,10,15H2,1-2H3. The maximum absolute atomic E-state index is 6.03. The Morgan fingerprint density at radius 2 is 2.18 bits per heavy atom. The monoisotopic (exact) mass is 234 g/mol. The first-order valence-electron chi connectivity index (χ1n) is 6.24. The zero-order chi connectivity index (χ0) is 12.3. The summed E-state index contributed by atoms with van der Waals surface area (Å²) in [5.41, 5.74) is 9.94. The van der Waals surface area contributed by atoms with Crippen LogP contribution in [-0.2, 0) is 17.7 Å². The van der Waals surface area contributed by atoms with Crippen molar-refractivity contribution >= 4 is 0 Å². The molecule has 1 saturated carbocycles. The second kappa shape index (κ2) is 5.17. The molecule has 1 aromatic carbocycles. The van der Waals surface area contributed by atoms with E-state index in [2.05, 4.69) is 30.4 Å². The lowest BCUT2D eigenvalue weighted by Gasteiger charge is -2.14. The molecule has 0 aromatic heterocycles. The van der Waals surface area contributed by atoms with Gasteiger partial charge in [0.1, 0.15) is 0 Å². The summed E-state index contributed by atoms with van der Waals surface area (Å²) in [6, 6.07) is 6.61. The Labute approximate surface area is 103 Å². The highest BCUT2D eigenvalue weighted by molar-refractivity contribution is 5.31. The maximum Gasteiger partial charge on any atom is 0.0666 e. The van der Waals surface area contributed by atoms with Crippen LogP contribution >= 0.6 is 0 Å². The fraction of sp³-hybridized carbons (Fsp3) is 0.571. The van der Waals surface area contributed by atoms with Gasteiger partial charge in [-0.2, -0.15) is 0 Å². The molecule has 1 aliphatic rings. The van der Waals surface area contributed by atoms with Crippen molar-refractivity contribution in [3.63, 3.8) is 0 Å². The minimum Gasteiger partial charge on any atom is -0.384 e. The van der Waals surface area contributed by atoms with Gasteiger partial charge in [0.2, 0.25) is 0 Å². The molecule has 3 nitrogen and oxygen atoms in total. The molecule has 0 bridgehead atoms. The molecule has 0 saturated heterocycles. The molecule has 1 fully saturated rings. The molecular formula is C14H22N2O. The van der Waals surface area contributed by atoms with E-state index < -0.39 is 0 Å². The number of methoxy groups -OCH3 is 1. The van der Waals surface area contributed by atoms with Crippen molar-refractivity contribution in [3.8, 4) is 0 Å². The number of nitrogens with two attached hydrogens (primary N) is 1. The van der Waals surface area contributed by atoms with Gasteiger partial charge < -0.3 is 10.5 Å². The number of hydrogen-bond acceptors (Lipinski definition) is 3. The van der Waals surface area contributed by atoms with E-state index in [1.54, 1.807) is 7.11 Å². The third kappa shape index (κ3) is 3.53. The molecule has 0 unspecified atom stereocenters. The lowest BCUT2D eigenvalue weighted by molar-refractivity contribution is 0.202. The summed E-state index contributed by atoms with van der Waals surface area (Å²) in [6.07, 6.45) is 3.16. The first kappa shape index (κ1) is 12.6. The highest BCUT2D eigenvalue weighted by atomic mass is 16.5. The van der Waals surface area contributed by atoms with Crippen LogP contribution in [0, 0.1) is 6.92 Å². The normalized spacial score (nSPS) is 17.1. The molecule has 2 rings (SSSR count). The van der Waals surface area contributed by atoms with Gasteiger partial charge in [-0.05, 0) is 42.9 Å². The van der Waals surface area contributed by atoms with Crippen LogP contribution in [0.25, 0.3) is 0 Å². The van der Waals surface area contributed by atoms with Crippen LogP contribution in [0.1, 0.15) is 29.5 Å². The van der Waals surface area contributed by atoms with E-state index in [0.29, 0.717) is 0 Å². The number of aryl methyl sites for hydroxylation is 1. The van der Waals surface area contributed by atoms with E-state index in [1.165, 1.54) is 16.7 Å². The number of benzene rings is 1. The van der Waals surface area contributed by atoms with Crippen LogP contribution < -0.4 is 11.1 Å². The molecule has 1 aliphatic carbocycles. The highest BCUT2D eigenvalue weighted by Crippen LogP contribution is 2.29. The Hall–Kier alpha value is -0.900. The summed E-state index contributed by atoms with van der Waals surface area (Å²) in [5, 5.41) is 3.42. The Morgan fingerprint density at radius 1 is 1.41 bits per heavy atom. The second-order valence-corrected chi connectivity index (χ2v) is 5.01. The summed E-state index contributed by atoms with van der Waals surface area (Å²) in [5.74, 6) is 0. The van der Waals surface area contributed by atoms with Crippen molar-refractivity contribution in [1.82, 2.24) is 5.32 Å². The molecule has 0 aliphatic heterocycles. The largest absolute Gasteiger partial charge is 0.384 e. The molecule has 0 spiro atoms. The van der Waals surface area contributed by atoms with E-state index in [9.17, 15) is 0 Å². The van der Waals surface area contributed by atoms with Crippen molar-refractivity contribution < 1.29 is 4.74 Å². The maximum atomic E-state index is 6.03. The van der Waals surface area contributed by atoms with Crippen molar-refractivity contribution in [2.75, 3.05) is 13.7 Å². The van der Waals surface area contributed by atoms with Gasteiger partial charge in [0.25, 0.3) is 0 Å². The predicted octanol–water partition coefficient (Wildman–Crippen LogP) is 1.72. The van der Waals surface area contributed by atoms with E-state index in [1.807, 2.05) is 0 Å². The van der Waals surface area contributed by atoms with E-state index in [-0.39, 0.29) is 5.66 Å².